The highest BCUT2D eigenvalue weighted by atomic mass is 28.2. The Morgan fingerprint density at radius 1 is 1.18 bits per heavy atom. The van der Waals surface area contributed by atoms with Crippen molar-refractivity contribution >= 4 is 33.4 Å². The minimum absolute atomic E-state index is 0.120. The van der Waals surface area contributed by atoms with Gasteiger partial charge in [-0.25, -0.2) is 0 Å². The lowest BCUT2D eigenvalue weighted by atomic mass is 9.84. The van der Waals surface area contributed by atoms with Crippen LogP contribution in [-0.2, 0) is 42.9 Å². The van der Waals surface area contributed by atoms with Gasteiger partial charge < -0.3 is 23.7 Å². The third-order valence-electron chi connectivity index (χ3n) is 5.15. The van der Waals surface area contributed by atoms with Gasteiger partial charge >= 0.3 is 23.9 Å². The number of esters is 4. The second-order valence-corrected chi connectivity index (χ2v) is 9.71. The minimum Gasteiger partial charge on any atom is -0.462 e. The van der Waals surface area contributed by atoms with Gasteiger partial charge in [-0.3, -0.25) is 19.2 Å². The molecule has 0 N–H and O–H groups in total. The first-order valence-corrected chi connectivity index (χ1v) is 11.5. The van der Waals surface area contributed by atoms with Crippen molar-refractivity contribution in [1.29, 1.82) is 0 Å². The molecule has 0 amide bonds. The van der Waals surface area contributed by atoms with E-state index in [-0.39, 0.29) is 31.0 Å². The van der Waals surface area contributed by atoms with Crippen LogP contribution in [0.15, 0.2) is 0 Å². The lowest BCUT2D eigenvalue weighted by Gasteiger charge is -2.46. The monoisotopic (exact) mass is 416 g/mol. The summed E-state index contributed by atoms with van der Waals surface area (Å²) in [6.07, 6.45) is -2.48. The number of hydrogen-bond donors (Lipinski definition) is 0. The van der Waals surface area contributed by atoms with Crippen LogP contribution in [0, 0.1) is 5.92 Å². The van der Waals surface area contributed by atoms with E-state index in [0.717, 1.165) is 0 Å². The largest absolute Gasteiger partial charge is 0.462 e. The zero-order valence-corrected chi connectivity index (χ0v) is 18.3. The molecule has 0 aromatic rings. The zero-order valence-electron chi connectivity index (χ0n) is 16.9. The lowest BCUT2D eigenvalue weighted by molar-refractivity contribution is -0.217. The molecule has 0 aromatic carbocycles. The van der Waals surface area contributed by atoms with Crippen LogP contribution in [0.3, 0.4) is 0 Å². The van der Waals surface area contributed by atoms with E-state index in [1.165, 1.54) is 20.8 Å². The summed E-state index contributed by atoms with van der Waals surface area (Å²) < 4.78 is 27.6. The highest BCUT2D eigenvalue weighted by Gasteiger charge is 2.55. The number of ether oxygens (including phenoxy) is 5. The summed E-state index contributed by atoms with van der Waals surface area (Å²) in [6.45, 7) is 7.40. The zero-order chi connectivity index (χ0) is 21.1. The van der Waals surface area contributed by atoms with E-state index in [1.54, 1.807) is 0 Å². The second-order valence-electron chi connectivity index (χ2n) is 7.51. The van der Waals surface area contributed by atoms with Crippen LogP contribution in [0.2, 0.25) is 6.55 Å². The lowest BCUT2D eigenvalue weighted by Crippen LogP contribution is -2.59. The molecule has 2 rings (SSSR count). The first-order chi connectivity index (χ1) is 13.0. The predicted octanol–water partition coefficient (Wildman–Crippen LogP) is 0.0666. The van der Waals surface area contributed by atoms with Gasteiger partial charge in [0, 0.05) is 33.1 Å². The Hall–Kier alpha value is -1.94. The first kappa shape index (κ1) is 22.3. The summed E-state index contributed by atoms with van der Waals surface area (Å²) in [5.74, 6) is -2.46. The van der Waals surface area contributed by atoms with Crippen LogP contribution in [0.5, 0.6) is 0 Å². The molecule has 9 nitrogen and oxygen atoms in total. The molecular weight excluding hydrogens is 388 g/mol. The molecule has 2 saturated heterocycles. The van der Waals surface area contributed by atoms with Crippen LogP contribution < -0.4 is 0 Å². The van der Waals surface area contributed by atoms with Gasteiger partial charge in [0.05, 0.1) is 21.2 Å². The summed E-state index contributed by atoms with van der Waals surface area (Å²) in [4.78, 5) is 46.6. The molecule has 2 heterocycles. The van der Waals surface area contributed by atoms with E-state index in [4.69, 9.17) is 23.7 Å². The fraction of sp³-hybridized carbons (Fsp3) is 0.778. The number of rotatable bonds is 7. The maximum atomic E-state index is 11.9. The summed E-state index contributed by atoms with van der Waals surface area (Å²) >= 11 is 0. The predicted molar refractivity (Wildman–Crippen MR) is 98.0 cm³/mol. The average molecular weight is 416 g/mol. The van der Waals surface area contributed by atoms with Gasteiger partial charge in [0.2, 0.25) is 0 Å². The molecule has 6 unspecified atom stereocenters. The Labute approximate surface area is 166 Å². The van der Waals surface area contributed by atoms with E-state index in [0.29, 0.717) is 6.42 Å². The Morgan fingerprint density at radius 3 is 2.36 bits per heavy atom. The fourth-order valence-corrected chi connectivity index (χ4v) is 4.66. The molecule has 2 aliphatic rings. The van der Waals surface area contributed by atoms with E-state index in [1.807, 2.05) is 6.92 Å². The van der Waals surface area contributed by atoms with Gasteiger partial charge in [-0.15, -0.1) is 0 Å². The highest BCUT2D eigenvalue weighted by Crippen LogP contribution is 2.42. The van der Waals surface area contributed by atoms with Crippen LogP contribution in [0.4, 0.5) is 0 Å². The van der Waals surface area contributed by atoms with Crippen molar-refractivity contribution in [3.8, 4) is 0 Å². The molecule has 0 aliphatic carbocycles. The Bertz CT molecular complexity index is 637. The van der Waals surface area contributed by atoms with Crippen molar-refractivity contribution in [1.82, 2.24) is 0 Å². The average Bonchev–Trinajstić information content (AvgIpc) is 2.95. The van der Waals surface area contributed by atoms with Crippen molar-refractivity contribution in [2.75, 3.05) is 6.61 Å². The molecule has 2 fully saturated rings. The number of carbonyl (C=O) groups excluding carboxylic acids is 4. The SMILES string of the molecule is C[SiH2]C1(C)CC2OC(=O)CC2C(C(OC(C)=O)C(COC(C)=O)OC(C)=O)O1. The number of fused-ring (bicyclic) bond motifs is 1. The molecule has 10 heteroatoms. The molecule has 28 heavy (non-hydrogen) atoms. The Balaban J connectivity index is 2.38. The fourth-order valence-electron chi connectivity index (χ4n) is 3.73. The third-order valence-corrected chi connectivity index (χ3v) is 7.10. The van der Waals surface area contributed by atoms with Crippen molar-refractivity contribution in [3.63, 3.8) is 0 Å². The Kier molecular flexibility index (Phi) is 7.21. The molecule has 0 bridgehead atoms. The summed E-state index contributed by atoms with van der Waals surface area (Å²) in [6, 6.07) is 0. The van der Waals surface area contributed by atoms with Gasteiger partial charge in [-0.2, -0.15) is 0 Å². The van der Waals surface area contributed by atoms with Gasteiger partial charge in [0.25, 0.3) is 0 Å². The Morgan fingerprint density at radius 2 is 1.82 bits per heavy atom. The van der Waals surface area contributed by atoms with Gasteiger partial charge in [0.1, 0.15) is 18.8 Å². The molecule has 6 atom stereocenters. The van der Waals surface area contributed by atoms with E-state index in [9.17, 15) is 19.2 Å². The minimum atomic E-state index is -1.06. The maximum absolute atomic E-state index is 11.9. The molecular formula is C18H28O9Si. The topological polar surface area (TPSA) is 114 Å². The number of carbonyl (C=O) groups is 4. The summed E-state index contributed by atoms with van der Waals surface area (Å²) in [7, 11) is -0.690. The third kappa shape index (κ3) is 5.54. The summed E-state index contributed by atoms with van der Waals surface area (Å²) in [5, 5.41) is -0.475. The van der Waals surface area contributed by atoms with E-state index in [2.05, 4.69) is 6.55 Å². The van der Waals surface area contributed by atoms with Crippen LogP contribution in [-0.4, -0.2) is 69.6 Å². The van der Waals surface area contributed by atoms with E-state index >= 15 is 0 Å². The van der Waals surface area contributed by atoms with Crippen LogP contribution in [0.1, 0.15) is 40.5 Å². The molecule has 0 aromatic heterocycles. The van der Waals surface area contributed by atoms with Crippen molar-refractivity contribution in [2.24, 2.45) is 5.92 Å². The standard InChI is InChI=1S/C18H28O9Si/c1-9(19)23-8-14(24-10(2)20)17(25-11(3)21)16-12-6-15(22)26-13(12)7-18(4,27-16)28-5/h12-14,16-17H,6-8,28H2,1-5H3. The quantitative estimate of drug-likeness (QED) is 0.323. The van der Waals surface area contributed by atoms with Gasteiger partial charge in [0.15, 0.2) is 12.2 Å². The normalized spacial score (nSPS) is 31.6. The van der Waals surface area contributed by atoms with E-state index < -0.39 is 51.0 Å². The smallest absolute Gasteiger partial charge is 0.306 e. The van der Waals surface area contributed by atoms with Crippen molar-refractivity contribution < 1.29 is 42.9 Å². The van der Waals surface area contributed by atoms with Crippen LogP contribution in [0.25, 0.3) is 0 Å². The molecule has 0 spiro atoms. The number of hydrogen-bond acceptors (Lipinski definition) is 9. The van der Waals surface area contributed by atoms with Gasteiger partial charge in [-0.05, 0) is 6.92 Å². The first-order valence-electron chi connectivity index (χ1n) is 9.39. The maximum Gasteiger partial charge on any atom is 0.306 e. The molecule has 158 valence electrons. The molecule has 0 saturated carbocycles. The van der Waals surface area contributed by atoms with Crippen molar-refractivity contribution in [3.05, 3.63) is 0 Å². The molecule has 2 aliphatic heterocycles. The van der Waals surface area contributed by atoms with Crippen LogP contribution >= 0.6 is 0 Å². The highest BCUT2D eigenvalue weighted by molar-refractivity contribution is 6.37. The molecule has 0 radical (unpaired) electrons. The second kappa shape index (κ2) is 9.04. The van der Waals surface area contributed by atoms with Crippen molar-refractivity contribution in [2.45, 2.75) is 76.7 Å². The van der Waals surface area contributed by atoms with Gasteiger partial charge in [-0.1, -0.05) is 6.55 Å². The summed E-state index contributed by atoms with van der Waals surface area (Å²) in [5.41, 5.74) is 0.